The van der Waals surface area contributed by atoms with Crippen LogP contribution >= 0.6 is 0 Å². The average molecular weight is 1940 g/mol. The Morgan fingerprint density at radius 1 is 0.447 bits per heavy atom. The van der Waals surface area contributed by atoms with E-state index in [0.717, 1.165) is 146 Å². The maximum absolute atomic E-state index is 13.2. The van der Waals surface area contributed by atoms with Crippen molar-refractivity contribution in [3.63, 3.8) is 0 Å². The fraction of sp³-hybridized carbons (Fsp3) is 0.566. The fourth-order valence-corrected chi connectivity index (χ4v) is 19.1. The van der Waals surface area contributed by atoms with Crippen molar-refractivity contribution in [1.82, 2.24) is 86.2 Å². The summed E-state index contributed by atoms with van der Waals surface area (Å²) in [6.45, 7) is 9.71. The van der Waals surface area contributed by atoms with Gasteiger partial charge in [-0.2, -0.15) is 0 Å². The van der Waals surface area contributed by atoms with Gasteiger partial charge in [-0.1, -0.05) is 126 Å². The molecule has 4 unspecified atom stereocenters. The number of aliphatic hydroxyl groups is 4. The van der Waals surface area contributed by atoms with Crippen LogP contribution in [0.3, 0.4) is 0 Å². The zero-order valence-electron chi connectivity index (χ0n) is 84.7. The summed E-state index contributed by atoms with van der Waals surface area (Å²) in [5, 5.41) is 54.8. The highest BCUT2D eigenvalue weighted by Gasteiger charge is 2.33. The number of aromatic amines is 1. The average Bonchev–Trinajstić information content (AvgIpc) is 1.79. The van der Waals surface area contributed by atoms with Gasteiger partial charge < -0.3 is 115 Å². The van der Waals surface area contributed by atoms with Gasteiger partial charge >= 0.3 is 0 Å². The second-order valence-corrected chi connectivity index (χ2v) is 38.5. The minimum Gasteiger partial charge on any atom is -0.491 e. The minimum absolute atomic E-state index is 0.0876. The van der Waals surface area contributed by atoms with Crippen LogP contribution in [0.15, 0.2) is 134 Å². The topological polar surface area (TPSA) is 396 Å². The number of nitrogens with one attached hydrogen (secondary N) is 6. The molecule has 764 valence electrons. The smallest absolute Gasteiger partial charge is 0.270 e. The van der Waals surface area contributed by atoms with Gasteiger partial charge in [-0.15, -0.1) is 0 Å². The molecule has 4 aromatic carbocycles. The van der Waals surface area contributed by atoms with Crippen LogP contribution in [0.1, 0.15) is 165 Å². The van der Waals surface area contributed by atoms with Gasteiger partial charge in [-0.05, 0) is 153 Å². The highest BCUT2D eigenvalue weighted by molar-refractivity contribution is 5.93. The zero-order chi connectivity index (χ0) is 99.5. The third-order valence-corrected chi connectivity index (χ3v) is 27.8. The van der Waals surface area contributed by atoms with Crippen molar-refractivity contribution in [3.8, 4) is 80.1 Å². The van der Waals surface area contributed by atoms with Crippen molar-refractivity contribution in [2.45, 2.75) is 209 Å². The molecule has 0 spiro atoms. The van der Waals surface area contributed by atoms with Crippen LogP contribution in [0.2, 0.25) is 0 Å². The molecular formula is C106H153N23O12. The van der Waals surface area contributed by atoms with Crippen LogP contribution in [-0.4, -0.2) is 328 Å². The van der Waals surface area contributed by atoms with Crippen molar-refractivity contribution >= 4 is 52.6 Å². The summed E-state index contributed by atoms with van der Waals surface area (Å²) < 4.78 is 28.7. The Hall–Kier alpha value is -11.5. The molecule has 0 bridgehead atoms. The number of carbonyl (C=O) groups is 3. The van der Waals surface area contributed by atoms with Crippen LogP contribution in [0.25, 0.3) is 57.1 Å². The van der Waals surface area contributed by atoms with E-state index in [9.17, 15) is 34.8 Å². The molecule has 10 N–H and O–H groups in total. The molecule has 35 nitrogen and oxygen atoms in total. The number of benzene rings is 4. The zero-order valence-corrected chi connectivity index (χ0v) is 84.7. The van der Waals surface area contributed by atoms with E-state index < -0.39 is 24.4 Å². The number of hydrogen-bond donors (Lipinski definition) is 10. The number of H-pyrrole nitrogens is 1. The number of anilines is 6. The second-order valence-electron chi connectivity index (χ2n) is 38.5. The Bertz CT molecular complexity index is 5330. The molecule has 3 amide bonds. The lowest BCUT2D eigenvalue weighted by molar-refractivity contribution is -0.130. The minimum atomic E-state index is -0.608. The van der Waals surface area contributed by atoms with E-state index in [-0.39, 0.29) is 50.2 Å². The van der Waals surface area contributed by atoms with Crippen LogP contribution in [0.5, 0.6) is 23.0 Å². The van der Waals surface area contributed by atoms with Gasteiger partial charge in [-0.3, -0.25) is 14.4 Å². The van der Waals surface area contributed by atoms with Gasteiger partial charge in [0.1, 0.15) is 120 Å². The normalized spacial score (nSPS) is 17.7. The summed E-state index contributed by atoms with van der Waals surface area (Å²) in [5.41, 5.74) is 4.46. The summed E-state index contributed by atoms with van der Waals surface area (Å²) in [7, 11) is 19.3. The quantitative estimate of drug-likeness (QED) is 0.0171. The number of amides is 3. The van der Waals surface area contributed by atoms with Crippen molar-refractivity contribution in [1.29, 1.82) is 0 Å². The van der Waals surface area contributed by atoms with E-state index >= 15 is 0 Å². The Balaban J connectivity index is 0.000000158. The molecule has 7 fully saturated rings. The Morgan fingerprint density at radius 2 is 0.823 bits per heavy atom. The monoisotopic (exact) mass is 1940 g/mol. The highest BCUT2D eigenvalue weighted by Crippen LogP contribution is 2.38. The lowest BCUT2D eigenvalue weighted by atomic mass is 9.94. The number of hydrogen-bond acceptors (Lipinski definition) is 31. The van der Waals surface area contributed by atoms with Gasteiger partial charge in [-0.25, -0.2) is 44.9 Å². The maximum Gasteiger partial charge on any atom is 0.270 e. The van der Waals surface area contributed by atoms with Gasteiger partial charge in [0.05, 0.1) is 12.6 Å². The van der Waals surface area contributed by atoms with E-state index in [1.165, 1.54) is 103 Å². The summed E-state index contributed by atoms with van der Waals surface area (Å²) in [5.74, 6) is 11.2. The number of imidazole rings is 1. The Kier molecular flexibility index (Phi) is 41.4. The van der Waals surface area contributed by atoms with Crippen molar-refractivity contribution in [3.05, 3.63) is 139 Å². The predicted molar refractivity (Wildman–Crippen MR) is 555 cm³/mol. The first-order valence-electron chi connectivity index (χ1n) is 51.0. The number of piperazine rings is 1. The van der Waals surface area contributed by atoms with E-state index in [2.05, 4.69) is 100 Å². The molecular weight excluding hydrogens is 1790 g/mol. The molecule has 0 radical (unpaired) electrons. The lowest BCUT2D eigenvalue weighted by Gasteiger charge is -2.35. The summed E-state index contributed by atoms with van der Waals surface area (Å²) in [6, 6.07) is 40.5. The van der Waals surface area contributed by atoms with Crippen molar-refractivity contribution in [2.75, 3.05) is 205 Å². The molecule has 7 aliphatic rings. The highest BCUT2D eigenvalue weighted by atomic mass is 16.5. The molecule has 5 atom stereocenters. The lowest BCUT2D eigenvalue weighted by Crippen LogP contribution is -2.49. The third-order valence-electron chi connectivity index (χ3n) is 27.8. The molecule has 9 aromatic rings. The molecule has 35 heteroatoms. The fourth-order valence-electron chi connectivity index (χ4n) is 19.1. The number of nitrogens with zero attached hydrogens (tertiary/aromatic N) is 17. The number of ether oxygens (including phenoxy) is 5. The van der Waals surface area contributed by atoms with E-state index in [1.54, 1.807) is 52.4 Å². The summed E-state index contributed by atoms with van der Waals surface area (Å²) in [6.07, 6.45) is 28.4. The van der Waals surface area contributed by atoms with Crippen LogP contribution in [0.4, 0.5) is 34.9 Å². The van der Waals surface area contributed by atoms with Crippen LogP contribution in [0, 0.1) is 5.92 Å². The molecule has 141 heavy (non-hydrogen) atoms. The molecule has 3 aliphatic heterocycles. The maximum atomic E-state index is 13.2. The second kappa shape index (κ2) is 54.6. The molecule has 5 aromatic heterocycles. The largest absolute Gasteiger partial charge is 0.491 e. The first kappa shape index (κ1) is 107. The number of aromatic nitrogens is 10. The number of aliphatic hydroxyl groups excluding tert-OH is 4. The van der Waals surface area contributed by atoms with Crippen LogP contribution < -0.4 is 74.9 Å². The molecule has 4 saturated carbocycles. The number of carbonyl (C=O) groups excluding carboxylic acids is 3. The number of rotatable bonds is 39. The first-order chi connectivity index (χ1) is 68.5. The van der Waals surface area contributed by atoms with E-state index in [4.69, 9.17) is 58.6 Å². The summed E-state index contributed by atoms with van der Waals surface area (Å²) >= 11 is 0. The molecule has 4 aliphatic carbocycles. The standard InChI is InChI=1S/C28H42N6O3.C28H41N5O4.C26H38N6O3.C24H32N6O2/c1-20(35)32(3)23-13-14-34(18-23)27-16-26(33(4)22-10-6-5-7-11-22)30-28(31-27)21-9-8-12-25(15-21)37-19-24(36)17-29-2;1-29-18-23(34)19-37-24-10-6-7-21(15-24)27-31-25(28(35)30-17-20-11-13-36-14-12-20)16-26(32-27)33(2)22-8-4-3-5-9-22;1-27-16-21(33)18-35-22-11-7-8-19(14-22)26-28-23(31(3)20-9-5-4-6-10-20)15-24(29-26)32-13-12-30(2)25(34)17-32;1-25-15-19(31)16-32-20-10-6-7-17(13-20)23-28-21(24-26-11-12-27-24)14-22(29-23)30(2)18-8-4-3-5-9-18/h8-9,12,15-16,22-24,29,36H,5-7,10-11,13-14,17-19H2,1-4H3;6-7,10,15-16,20,22-23,29,34H,3-5,8-9,11-14,17-19H2,1-2H3,(H,30,35);7-8,11,14-15,20-21,27,33H,4-6,9-10,12-13,16-18H2,1-3H3;6-7,10-14,18-19,25,31H,3-5,8-9,15-16H2,1-2H3,(H,26,27)/t23-,24?;;;/m0.../s1. The molecule has 16 rings (SSSR count). The van der Waals surface area contributed by atoms with Crippen molar-refractivity contribution < 1.29 is 58.5 Å². The Morgan fingerprint density at radius 3 is 1.20 bits per heavy atom. The van der Waals surface area contributed by atoms with Gasteiger partial charge in [0.15, 0.2) is 29.1 Å². The predicted octanol–water partition coefficient (Wildman–Crippen LogP) is 11.4. The van der Waals surface area contributed by atoms with Gasteiger partial charge in [0.25, 0.3) is 5.91 Å². The van der Waals surface area contributed by atoms with Gasteiger partial charge in [0.2, 0.25) is 11.8 Å². The SMILES string of the molecule is CNCC(O)COc1cccc(-c2nc(-c3ncc[nH]3)cc(N(C)C3CCCCC3)n2)c1.CNCC(O)COc1cccc(-c2nc(C(=O)NCC3CCOCC3)cc(N(C)C3CCCCC3)n2)c1.CNCC(O)COc1cccc(-c2nc(N3CCN(C)C(=O)C3)cc(N(C)C3CCCCC3)n2)c1.CNCC(O)COc1cccc(-c2nc(N3CC[C@H](N(C)C(C)=O)C3)cc(N(C)C3CCCCC3)n2)c1. The van der Waals surface area contributed by atoms with Crippen molar-refractivity contribution in [2.24, 2.45) is 5.92 Å². The Labute approximate surface area is 832 Å². The van der Waals surface area contributed by atoms with Crippen LogP contribution in [-0.2, 0) is 14.3 Å². The van der Waals surface area contributed by atoms with Gasteiger partial charge in [0, 0.05) is 204 Å². The van der Waals surface area contributed by atoms with E-state index in [0.29, 0.717) is 128 Å². The molecule has 8 heterocycles. The third kappa shape index (κ3) is 31.7. The van der Waals surface area contributed by atoms with E-state index in [1.807, 2.05) is 139 Å². The first-order valence-corrected chi connectivity index (χ1v) is 51.0. The summed E-state index contributed by atoms with van der Waals surface area (Å²) in [4.78, 5) is 101. The number of likely N-dealkylation sites (N-methyl/N-ethyl adjacent to an activating group) is 6. The molecule has 3 saturated heterocycles.